The van der Waals surface area contributed by atoms with Crippen molar-refractivity contribution in [3.8, 4) is 11.1 Å². The fraction of sp³-hybridized carbons (Fsp3) is 0.216. The van der Waals surface area contributed by atoms with E-state index in [0.717, 1.165) is 27.8 Å². The smallest absolute Gasteiger partial charge is 0.257 e. The second kappa shape index (κ2) is 15.5. The Labute approximate surface area is 288 Å². The van der Waals surface area contributed by atoms with Crippen LogP contribution in [0.1, 0.15) is 51.9 Å². The fourth-order valence-corrected chi connectivity index (χ4v) is 6.56. The first kappa shape index (κ1) is 35.1. The quantitative estimate of drug-likeness (QED) is 0.0502. The molecule has 0 saturated carbocycles. The maximum atomic E-state index is 14.1. The van der Waals surface area contributed by atoms with Crippen molar-refractivity contribution in [1.82, 2.24) is 15.3 Å². The molecule has 258 valence electrons. The second-order valence-corrected chi connectivity index (χ2v) is 12.6. The molecule has 1 amide bonds. The molecular weight excluding hydrogens is 677 g/mol. The summed E-state index contributed by atoms with van der Waals surface area (Å²) >= 11 is 1.49. The number of aliphatic hydroxyl groups is 1. The number of ether oxygens (including phenoxy) is 2. The van der Waals surface area contributed by atoms with Gasteiger partial charge in [0.2, 0.25) is 5.82 Å². The first-order valence-electron chi connectivity index (χ1n) is 15.5. The van der Waals surface area contributed by atoms with Crippen molar-refractivity contribution in [3.63, 3.8) is 0 Å². The Balaban J connectivity index is 1.18. The Hall–Kier alpha value is -4.69. The summed E-state index contributed by atoms with van der Waals surface area (Å²) in [5.41, 5.74) is 3.04. The number of carbonyl (C=O) groups is 1. The standard InChI is InChI=1S/C37H30F5N3O4S/c1-20-27(19-50-37-43-14-3-15-44-37)48-36(49-34(20)24-8-6-21(18-46)7-9-24)25-12-10-23(11-13-25)26-5-2-4-22(16-26)17-45-35(47)28-29(38)31(40)33(42)32(41)30(28)39/h2-16,20,27,34,36,46H,17-19H2,1H3,(H,45,47)/t20-,27+,34+,36+/m1/s1. The fourth-order valence-electron chi connectivity index (χ4n) is 5.60. The molecule has 1 aliphatic rings. The van der Waals surface area contributed by atoms with Crippen LogP contribution in [-0.4, -0.2) is 32.8 Å². The van der Waals surface area contributed by atoms with Crippen LogP contribution in [0, 0.1) is 35.0 Å². The molecule has 1 fully saturated rings. The highest BCUT2D eigenvalue weighted by Crippen LogP contribution is 2.43. The van der Waals surface area contributed by atoms with Crippen molar-refractivity contribution in [2.45, 2.75) is 43.7 Å². The van der Waals surface area contributed by atoms with Crippen molar-refractivity contribution < 1.29 is 41.3 Å². The number of amides is 1. The average Bonchev–Trinajstić information content (AvgIpc) is 3.16. The number of nitrogens with one attached hydrogen (secondary N) is 1. The molecule has 2 N–H and O–H groups in total. The minimum absolute atomic E-state index is 0.0287. The number of carbonyl (C=O) groups excluding carboxylic acids is 1. The number of benzene rings is 4. The van der Waals surface area contributed by atoms with Gasteiger partial charge in [-0.05, 0) is 39.9 Å². The van der Waals surface area contributed by atoms with Crippen LogP contribution in [-0.2, 0) is 22.6 Å². The highest BCUT2D eigenvalue weighted by Gasteiger charge is 2.38. The van der Waals surface area contributed by atoms with Crippen LogP contribution >= 0.6 is 11.8 Å². The first-order valence-corrected chi connectivity index (χ1v) is 16.5. The maximum absolute atomic E-state index is 14.1. The van der Waals surface area contributed by atoms with Gasteiger partial charge >= 0.3 is 0 Å². The largest absolute Gasteiger partial charge is 0.392 e. The third-order valence-corrected chi connectivity index (χ3v) is 9.34. The van der Waals surface area contributed by atoms with E-state index in [9.17, 15) is 31.9 Å². The SMILES string of the molecule is C[C@@H]1[C@H](CSc2ncccn2)O[C@H](c2ccc(-c3cccc(CNC(=O)c4c(F)c(F)c(F)c(F)c4F)c3)cc2)O[C@@H]1c1ccc(CO)cc1. The highest BCUT2D eigenvalue weighted by atomic mass is 32.2. The third kappa shape index (κ3) is 7.55. The Morgan fingerprint density at radius 1 is 0.780 bits per heavy atom. The van der Waals surface area contributed by atoms with E-state index in [1.807, 2.05) is 54.6 Å². The molecule has 4 atom stereocenters. The zero-order valence-corrected chi connectivity index (χ0v) is 27.3. The molecular formula is C37H30F5N3O4S. The molecule has 0 unspecified atom stereocenters. The molecule has 1 aliphatic heterocycles. The summed E-state index contributed by atoms with van der Waals surface area (Å²) in [5.74, 6) is -12.0. The number of nitrogens with zero attached hydrogens (tertiary/aromatic N) is 2. The molecule has 2 heterocycles. The average molecular weight is 708 g/mol. The lowest BCUT2D eigenvalue weighted by atomic mass is 9.91. The van der Waals surface area contributed by atoms with Gasteiger partial charge in [-0.2, -0.15) is 0 Å². The molecule has 1 saturated heterocycles. The Bertz CT molecular complexity index is 1940. The molecule has 50 heavy (non-hydrogen) atoms. The number of aliphatic hydroxyl groups excluding tert-OH is 1. The van der Waals surface area contributed by atoms with Crippen molar-refractivity contribution >= 4 is 17.7 Å². The molecule has 0 radical (unpaired) electrons. The van der Waals surface area contributed by atoms with E-state index in [2.05, 4.69) is 22.2 Å². The summed E-state index contributed by atoms with van der Waals surface area (Å²) in [6, 6.07) is 23.8. The third-order valence-electron chi connectivity index (χ3n) is 8.38. The number of hydrogen-bond acceptors (Lipinski definition) is 7. The second-order valence-electron chi connectivity index (χ2n) is 11.6. The lowest BCUT2D eigenvalue weighted by Gasteiger charge is -2.41. The van der Waals surface area contributed by atoms with Crippen LogP contribution in [0.5, 0.6) is 0 Å². The Morgan fingerprint density at radius 2 is 1.42 bits per heavy atom. The molecule has 0 bridgehead atoms. The number of halogens is 5. The monoisotopic (exact) mass is 707 g/mol. The van der Waals surface area contributed by atoms with Gasteiger partial charge in [-0.25, -0.2) is 31.9 Å². The number of rotatable bonds is 10. The number of hydrogen-bond donors (Lipinski definition) is 2. The van der Waals surface area contributed by atoms with E-state index >= 15 is 0 Å². The molecule has 5 aromatic rings. The van der Waals surface area contributed by atoms with E-state index < -0.39 is 46.8 Å². The Morgan fingerprint density at radius 3 is 2.08 bits per heavy atom. The van der Waals surface area contributed by atoms with Crippen molar-refractivity contribution in [2.75, 3.05) is 5.75 Å². The van der Waals surface area contributed by atoms with Gasteiger partial charge in [0.05, 0.1) is 18.8 Å². The van der Waals surface area contributed by atoms with Gasteiger partial charge in [0.25, 0.3) is 5.91 Å². The Kier molecular flexibility index (Phi) is 10.9. The maximum Gasteiger partial charge on any atom is 0.257 e. The lowest BCUT2D eigenvalue weighted by Crippen LogP contribution is -2.38. The van der Waals surface area contributed by atoms with Crippen LogP contribution in [0.3, 0.4) is 0 Å². The van der Waals surface area contributed by atoms with Gasteiger partial charge in [0.1, 0.15) is 5.56 Å². The molecule has 0 spiro atoms. The summed E-state index contributed by atoms with van der Waals surface area (Å²) < 4.78 is 81.8. The minimum atomic E-state index is -2.34. The number of aromatic nitrogens is 2. The van der Waals surface area contributed by atoms with Crippen LogP contribution in [0.25, 0.3) is 11.1 Å². The normalized spacial score (nSPS) is 18.9. The zero-order valence-electron chi connectivity index (χ0n) is 26.5. The molecule has 4 aromatic carbocycles. The first-order chi connectivity index (χ1) is 24.1. The lowest BCUT2D eigenvalue weighted by molar-refractivity contribution is -0.268. The molecule has 0 aliphatic carbocycles. The van der Waals surface area contributed by atoms with Gasteiger partial charge in [-0.3, -0.25) is 4.79 Å². The predicted molar refractivity (Wildman–Crippen MR) is 175 cm³/mol. The number of thioether (sulfide) groups is 1. The minimum Gasteiger partial charge on any atom is -0.392 e. The van der Waals surface area contributed by atoms with E-state index in [-0.39, 0.29) is 31.3 Å². The molecule has 1 aromatic heterocycles. The predicted octanol–water partition coefficient (Wildman–Crippen LogP) is 7.85. The van der Waals surface area contributed by atoms with Gasteiger partial charge in [0.15, 0.2) is 34.7 Å². The molecule has 6 rings (SSSR count). The molecule has 7 nitrogen and oxygen atoms in total. The van der Waals surface area contributed by atoms with Crippen LogP contribution in [0.15, 0.2) is 96.4 Å². The summed E-state index contributed by atoms with van der Waals surface area (Å²) in [4.78, 5) is 21.0. The topological polar surface area (TPSA) is 93.6 Å². The van der Waals surface area contributed by atoms with E-state index in [1.54, 1.807) is 36.7 Å². The summed E-state index contributed by atoms with van der Waals surface area (Å²) in [6.07, 6.45) is 2.15. The van der Waals surface area contributed by atoms with E-state index in [0.29, 0.717) is 16.5 Å². The summed E-state index contributed by atoms with van der Waals surface area (Å²) in [5, 5.41) is 12.4. The zero-order chi connectivity index (χ0) is 35.4. The highest BCUT2D eigenvalue weighted by molar-refractivity contribution is 7.99. The summed E-state index contributed by atoms with van der Waals surface area (Å²) in [7, 11) is 0. The van der Waals surface area contributed by atoms with E-state index in [1.165, 1.54) is 11.8 Å². The molecule has 13 heteroatoms. The van der Waals surface area contributed by atoms with Crippen molar-refractivity contribution in [3.05, 3.63) is 148 Å². The van der Waals surface area contributed by atoms with Gasteiger partial charge in [-0.1, -0.05) is 85.4 Å². The summed E-state index contributed by atoms with van der Waals surface area (Å²) in [6.45, 7) is 1.77. The van der Waals surface area contributed by atoms with Crippen molar-refractivity contribution in [2.24, 2.45) is 5.92 Å². The van der Waals surface area contributed by atoms with Gasteiger partial charge < -0.3 is 19.9 Å². The van der Waals surface area contributed by atoms with Gasteiger partial charge in [0, 0.05) is 36.2 Å². The van der Waals surface area contributed by atoms with Crippen LogP contribution in [0.2, 0.25) is 0 Å². The van der Waals surface area contributed by atoms with Crippen LogP contribution in [0.4, 0.5) is 22.0 Å². The van der Waals surface area contributed by atoms with E-state index in [4.69, 9.17) is 9.47 Å². The van der Waals surface area contributed by atoms with Gasteiger partial charge in [-0.15, -0.1) is 0 Å². The van der Waals surface area contributed by atoms with Crippen LogP contribution < -0.4 is 5.32 Å². The van der Waals surface area contributed by atoms with Crippen molar-refractivity contribution in [1.29, 1.82) is 0 Å².